The van der Waals surface area contributed by atoms with Gasteiger partial charge in [-0.25, -0.2) is 9.97 Å². The number of phenols is 1. The molecule has 2 aliphatic rings. The molecule has 0 spiro atoms. The summed E-state index contributed by atoms with van der Waals surface area (Å²) in [6.45, 7) is 4.65. The summed E-state index contributed by atoms with van der Waals surface area (Å²) >= 11 is 1.36. The number of nitrogens with one attached hydrogen (secondary N) is 1. The van der Waals surface area contributed by atoms with E-state index < -0.39 is 5.95 Å². The first kappa shape index (κ1) is 23.9. The van der Waals surface area contributed by atoms with Crippen molar-refractivity contribution in [1.82, 2.24) is 25.5 Å². The van der Waals surface area contributed by atoms with Gasteiger partial charge in [-0.1, -0.05) is 6.07 Å². The van der Waals surface area contributed by atoms with E-state index in [1.165, 1.54) is 37.1 Å². The molecule has 35 heavy (non-hydrogen) atoms. The molecule has 0 saturated carbocycles. The van der Waals surface area contributed by atoms with Crippen LogP contribution in [0.1, 0.15) is 46.0 Å². The lowest BCUT2D eigenvalue weighted by Gasteiger charge is -2.55. The van der Waals surface area contributed by atoms with Gasteiger partial charge in [-0.15, -0.1) is 22.0 Å². The largest absolute Gasteiger partial charge is 0.507 e. The molecule has 2 saturated heterocycles. The highest BCUT2D eigenvalue weighted by Gasteiger charge is 2.46. The number of halogens is 1. The molecule has 2 fully saturated rings. The van der Waals surface area contributed by atoms with Gasteiger partial charge >= 0.3 is 0 Å². The fraction of sp³-hybridized carbons (Fsp3) is 0.462. The van der Waals surface area contributed by atoms with Gasteiger partial charge < -0.3 is 15.3 Å². The van der Waals surface area contributed by atoms with Crippen molar-refractivity contribution < 1.29 is 9.50 Å². The molecule has 3 aromatic rings. The molecule has 3 atom stereocenters. The van der Waals surface area contributed by atoms with Crippen molar-refractivity contribution >= 4 is 17.6 Å². The molecule has 1 aromatic carbocycles. The van der Waals surface area contributed by atoms with Gasteiger partial charge in [-0.05, 0) is 81.5 Å². The second-order valence-corrected chi connectivity index (χ2v) is 11.2. The summed E-state index contributed by atoms with van der Waals surface area (Å²) in [5.41, 5.74) is 2.10. The van der Waals surface area contributed by atoms with Crippen LogP contribution in [-0.4, -0.2) is 55.7 Å². The maximum Gasteiger partial charge on any atom is 0.214 e. The predicted octanol–water partition coefficient (Wildman–Crippen LogP) is 5.06. The highest BCUT2D eigenvalue weighted by atomic mass is 32.2. The molecule has 2 aliphatic heterocycles. The zero-order chi connectivity index (χ0) is 24.8. The number of hydrogen-bond donors (Lipinski definition) is 2. The van der Waals surface area contributed by atoms with Crippen LogP contribution >= 0.6 is 11.8 Å². The Labute approximate surface area is 209 Å². The number of anilines is 1. The van der Waals surface area contributed by atoms with Gasteiger partial charge in [0, 0.05) is 30.2 Å². The Morgan fingerprint density at radius 2 is 1.83 bits per heavy atom. The van der Waals surface area contributed by atoms with Crippen molar-refractivity contribution in [2.45, 2.75) is 68.1 Å². The monoisotopic (exact) mass is 494 g/mol. The van der Waals surface area contributed by atoms with E-state index >= 15 is 0 Å². The number of piperidine rings is 2. The Bertz CT molecular complexity index is 1220. The highest BCUT2D eigenvalue weighted by Crippen LogP contribution is 2.42. The molecule has 4 heterocycles. The van der Waals surface area contributed by atoms with Crippen molar-refractivity contribution in [3.05, 3.63) is 42.5 Å². The quantitative estimate of drug-likeness (QED) is 0.376. The molecular weight excluding hydrogens is 463 g/mol. The van der Waals surface area contributed by atoms with E-state index in [0.717, 1.165) is 18.7 Å². The van der Waals surface area contributed by atoms with Gasteiger partial charge in [0.2, 0.25) is 5.95 Å². The van der Waals surface area contributed by atoms with Crippen LogP contribution in [-0.2, 0) is 0 Å². The lowest BCUT2D eigenvalue weighted by molar-refractivity contribution is 0.0784. The number of aromatic hydroxyl groups is 1. The number of pyridine rings is 1. The minimum atomic E-state index is -0.553. The number of thioether (sulfide) groups is 1. The maximum atomic E-state index is 13.9. The Kier molecular flexibility index (Phi) is 6.17. The topological polar surface area (TPSA) is 87.1 Å². The van der Waals surface area contributed by atoms with E-state index in [4.69, 9.17) is 0 Å². The maximum absolute atomic E-state index is 13.9. The number of aromatic nitrogens is 4. The third-order valence-corrected chi connectivity index (χ3v) is 8.07. The summed E-state index contributed by atoms with van der Waals surface area (Å²) in [5.74, 6) is 0.528. The second-order valence-electron chi connectivity index (χ2n) is 10.4. The first-order valence-corrected chi connectivity index (χ1v) is 13.2. The Morgan fingerprint density at radius 1 is 1.09 bits per heavy atom. The van der Waals surface area contributed by atoms with Crippen LogP contribution in [0.2, 0.25) is 0 Å². The number of rotatable bonds is 5. The van der Waals surface area contributed by atoms with Crippen LogP contribution < -0.4 is 10.2 Å². The fourth-order valence-electron chi connectivity index (χ4n) is 5.80. The van der Waals surface area contributed by atoms with Crippen molar-refractivity contribution in [2.75, 3.05) is 18.2 Å². The van der Waals surface area contributed by atoms with Crippen molar-refractivity contribution in [3.8, 4) is 28.3 Å². The van der Waals surface area contributed by atoms with Crippen LogP contribution in [0.4, 0.5) is 10.2 Å². The fourth-order valence-corrected chi connectivity index (χ4v) is 6.22. The van der Waals surface area contributed by atoms with E-state index in [-0.39, 0.29) is 16.8 Å². The number of nitrogens with zero attached hydrogens (tertiary/aromatic N) is 5. The average Bonchev–Trinajstić information content (AvgIpc) is 2.82. The van der Waals surface area contributed by atoms with E-state index in [1.807, 2.05) is 12.3 Å². The van der Waals surface area contributed by atoms with E-state index in [9.17, 15) is 9.50 Å². The van der Waals surface area contributed by atoms with Gasteiger partial charge in [0.15, 0.2) is 11.6 Å². The van der Waals surface area contributed by atoms with Crippen LogP contribution in [0.5, 0.6) is 5.75 Å². The molecule has 184 valence electrons. The van der Waals surface area contributed by atoms with E-state index in [1.54, 1.807) is 24.4 Å². The summed E-state index contributed by atoms with van der Waals surface area (Å²) < 4.78 is 13.9. The molecule has 0 aliphatic carbocycles. The Hall–Kier alpha value is -2.78. The van der Waals surface area contributed by atoms with Crippen molar-refractivity contribution in [1.29, 1.82) is 0 Å². The normalized spacial score (nSPS) is 25.9. The lowest BCUT2D eigenvalue weighted by atomic mass is 9.69. The molecule has 0 radical (unpaired) electrons. The van der Waals surface area contributed by atoms with Gasteiger partial charge in [0.1, 0.15) is 5.75 Å². The third kappa shape index (κ3) is 4.84. The SMILES string of the molecule is CSc1cc(-c2ccc(-c3ncc(N(C)[C@H]4C[C@]5(C)CCC[C@](C)(C4)N5)nn3)c(O)c2)cc(F)n1. The standard InChI is InChI=1S/C26H31FN6OS/c1-25-8-5-9-26(2,32-25)14-18(13-25)33(3)22-15-28-24(31-30-22)19-7-6-16(10-20(19)34)17-11-21(27)29-23(12-17)35-4/h6-7,10-12,15,18,32,34H,5,8-9,13-14H2,1-4H3/t18-,25-,26+. The number of benzene rings is 1. The van der Waals surface area contributed by atoms with Crippen LogP contribution in [0.15, 0.2) is 41.6 Å². The van der Waals surface area contributed by atoms with Crippen LogP contribution in [0.3, 0.4) is 0 Å². The molecule has 5 rings (SSSR count). The number of phenolic OH excluding ortho intramolecular Hbond substituents is 1. The first-order valence-electron chi connectivity index (χ1n) is 11.9. The van der Waals surface area contributed by atoms with Crippen LogP contribution in [0, 0.1) is 5.95 Å². The van der Waals surface area contributed by atoms with Crippen molar-refractivity contribution in [3.63, 3.8) is 0 Å². The third-order valence-electron chi connectivity index (χ3n) is 7.44. The summed E-state index contributed by atoms with van der Waals surface area (Å²) in [4.78, 5) is 10.5. The van der Waals surface area contributed by atoms with Crippen LogP contribution in [0.25, 0.3) is 22.5 Å². The molecule has 7 nitrogen and oxygen atoms in total. The first-order chi connectivity index (χ1) is 16.7. The molecule has 9 heteroatoms. The second kappa shape index (κ2) is 9.02. The Balaban J connectivity index is 1.36. The van der Waals surface area contributed by atoms with Gasteiger partial charge in [-0.3, -0.25) is 0 Å². The Morgan fingerprint density at radius 3 is 2.46 bits per heavy atom. The molecular formula is C26H31FN6OS. The van der Waals surface area contributed by atoms with Gasteiger partial charge in [0.05, 0.1) is 16.8 Å². The zero-order valence-corrected chi connectivity index (χ0v) is 21.4. The molecule has 2 aromatic heterocycles. The minimum Gasteiger partial charge on any atom is -0.507 e. The van der Waals surface area contributed by atoms with E-state index in [0.29, 0.717) is 33.6 Å². The summed E-state index contributed by atoms with van der Waals surface area (Å²) in [7, 11) is 2.06. The lowest BCUT2D eigenvalue weighted by Crippen LogP contribution is -2.66. The molecule has 0 amide bonds. The minimum absolute atomic E-state index is 0.0142. The summed E-state index contributed by atoms with van der Waals surface area (Å²) in [5, 5.41) is 23.9. The number of fused-ring (bicyclic) bond motifs is 2. The molecule has 2 N–H and O–H groups in total. The molecule has 0 unspecified atom stereocenters. The smallest absolute Gasteiger partial charge is 0.214 e. The average molecular weight is 495 g/mol. The molecule has 2 bridgehead atoms. The summed E-state index contributed by atoms with van der Waals surface area (Å²) in [6.07, 6.45) is 9.32. The summed E-state index contributed by atoms with van der Waals surface area (Å²) in [6, 6.07) is 8.64. The van der Waals surface area contributed by atoms with Gasteiger partial charge in [-0.2, -0.15) is 4.39 Å². The van der Waals surface area contributed by atoms with Gasteiger partial charge in [0.25, 0.3) is 0 Å². The number of hydrogen-bond acceptors (Lipinski definition) is 8. The van der Waals surface area contributed by atoms with E-state index in [2.05, 4.69) is 51.3 Å². The van der Waals surface area contributed by atoms with Crippen molar-refractivity contribution in [2.24, 2.45) is 0 Å². The highest BCUT2D eigenvalue weighted by molar-refractivity contribution is 7.98. The zero-order valence-electron chi connectivity index (χ0n) is 20.5. The predicted molar refractivity (Wildman–Crippen MR) is 137 cm³/mol.